The molecule has 0 saturated heterocycles. The van der Waals surface area contributed by atoms with Gasteiger partial charge in [-0.25, -0.2) is 4.98 Å². The number of benzene rings is 1. The Bertz CT molecular complexity index is 363. The number of aromatic nitrogens is 1. The average molecular weight is 227 g/mol. The van der Waals surface area contributed by atoms with Crippen LogP contribution in [0.2, 0.25) is 0 Å². The molecule has 2 rings (SSSR count). The van der Waals surface area contributed by atoms with Gasteiger partial charge in [-0.1, -0.05) is 12.1 Å². The zero-order valence-electron chi connectivity index (χ0n) is 6.93. The lowest BCUT2D eigenvalue weighted by atomic mass is 10.3. The van der Waals surface area contributed by atoms with Crippen LogP contribution in [-0.4, -0.2) is 10.1 Å². The quantitative estimate of drug-likeness (QED) is 0.637. The van der Waals surface area contributed by atoms with Gasteiger partial charge in [0.25, 0.3) is 0 Å². The highest BCUT2D eigenvalue weighted by Crippen LogP contribution is 2.24. The van der Waals surface area contributed by atoms with Crippen LogP contribution in [-0.2, 0) is 5.75 Å². The van der Waals surface area contributed by atoms with Crippen molar-refractivity contribution in [3.63, 3.8) is 0 Å². The molecule has 0 spiro atoms. The van der Waals surface area contributed by atoms with Gasteiger partial charge in [0.05, 0.1) is 10.2 Å². The maximum Gasteiger partial charge on any atom is 0.104 e. The maximum atomic E-state index is 4.51. The third kappa shape index (κ3) is 2.18. The van der Waals surface area contributed by atoms with Crippen molar-refractivity contribution in [2.75, 3.05) is 5.08 Å². The summed E-state index contributed by atoms with van der Waals surface area (Å²) >= 11 is 7.71. The summed E-state index contributed by atoms with van der Waals surface area (Å²) < 4.78 is 1.28. The lowest BCUT2D eigenvalue weighted by molar-refractivity contribution is 1.31. The molecule has 0 atom stereocenters. The molecule has 4 heteroatoms. The fourth-order valence-corrected chi connectivity index (χ4v) is 2.97. The Kier molecular flexibility index (Phi) is 3.14. The van der Waals surface area contributed by atoms with Gasteiger partial charge in [-0.3, -0.25) is 0 Å². The third-order valence-electron chi connectivity index (χ3n) is 1.66. The molecule has 68 valence electrons. The largest absolute Gasteiger partial charge is 0.240 e. The molecular weight excluding hydrogens is 218 g/mol. The van der Waals surface area contributed by atoms with Crippen LogP contribution in [0.3, 0.4) is 0 Å². The SMILES string of the molecule is SCSCc1nc2ccccc2s1. The minimum absolute atomic E-state index is 0.857. The summed E-state index contributed by atoms with van der Waals surface area (Å²) in [5.41, 5.74) is 1.11. The van der Waals surface area contributed by atoms with Crippen molar-refractivity contribution in [3.05, 3.63) is 29.3 Å². The number of nitrogens with zero attached hydrogens (tertiary/aromatic N) is 1. The predicted octanol–water partition coefficient (Wildman–Crippen LogP) is 3.42. The molecule has 0 N–H and O–H groups in total. The molecule has 0 bridgehead atoms. The molecule has 13 heavy (non-hydrogen) atoms. The molecule has 1 nitrogen and oxygen atoms in total. The molecule has 0 saturated carbocycles. The normalized spacial score (nSPS) is 10.8. The van der Waals surface area contributed by atoms with E-state index in [1.165, 1.54) is 9.71 Å². The number of thiazole rings is 1. The molecule has 2 aromatic rings. The monoisotopic (exact) mass is 227 g/mol. The number of hydrogen-bond donors (Lipinski definition) is 1. The molecule has 0 aliphatic rings. The van der Waals surface area contributed by atoms with Crippen molar-refractivity contribution in [3.8, 4) is 0 Å². The number of thiol groups is 1. The second kappa shape index (κ2) is 4.35. The summed E-state index contributed by atoms with van der Waals surface area (Å²) in [6, 6.07) is 8.25. The topological polar surface area (TPSA) is 12.9 Å². The summed E-state index contributed by atoms with van der Waals surface area (Å²) in [6.07, 6.45) is 0. The van der Waals surface area contributed by atoms with E-state index in [1.54, 1.807) is 23.1 Å². The molecule has 1 heterocycles. The van der Waals surface area contributed by atoms with Crippen molar-refractivity contribution in [2.45, 2.75) is 5.75 Å². The van der Waals surface area contributed by atoms with Crippen molar-refractivity contribution in [2.24, 2.45) is 0 Å². The third-order valence-corrected chi connectivity index (χ3v) is 4.08. The smallest absolute Gasteiger partial charge is 0.104 e. The zero-order valence-corrected chi connectivity index (χ0v) is 9.46. The molecule has 0 aliphatic carbocycles. The Hall–Kier alpha value is -0.190. The van der Waals surface area contributed by atoms with E-state index in [4.69, 9.17) is 0 Å². The minimum atomic E-state index is 0.857. The van der Waals surface area contributed by atoms with E-state index in [1.807, 2.05) is 6.07 Å². The van der Waals surface area contributed by atoms with Gasteiger partial charge in [-0.2, -0.15) is 12.6 Å². The maximum absolute atomic E-state index is 4.51. The van der Waals surface area contributed by atoms with Crippen LogP contribution < -0.4 is 0 Å². The molecule has 0 fully saturated rings. The van der Waals surface area contributed by atoms with Gasteiger partial charge in [-0.15, -0.1) is 23.1 Å². The average Bonchev–Trinajstić information content (AvgIpc) is 2.57. The van der Waals surface area contributed by atoms with Crippen LogP contribution in [0.25, 0.3) is 10.2 Å². The van der Waals surface area contributed by atoms with Gasteiger partial charge in [0, 0.05) is 10.8 Å². The van der Waals surface area contributed by atoms with Crippen molar-refractivity contribution in [1.82, 2.24) is 4.98 Å². The standard InChI is InChI=1S/C9H9NS3/c11-6-12-5-9-10-7-3-1-2-4-8(7)13-9/h1-4,11H,5-6H2. The molecular formula is C9H9NS3. The molecule has 0 aliphatic heterocycles. The van der Waals surface area contributed by atoms with Crippen LogP contribution in [0.1, 0.15) is 5.01 Å². The Balaban J connectivity index is 2.28. The number of thioether (sulfide) groups is 1. The number of hydrogen-bond acceptors (Lipinski definition) is 4. The summed E-state index contributed by atoms with van der Waals surface area (Å²) in [5.74, 6) is 0.975. The first-order valence-corrected chi connectivity index (χ1v) is 6.53. The Morgan fingerprint density at radius 2 is 2.23 bits per heavy atom. The zero-order chi connectivity index (χ0) is 9.10. The number of fused-ring (bicyclic) bond motifs is 1. The minimum Gasteiger partial charge on any atom is -0.240 e. The van der Waals surface area contributed by atoms with Gasteiger partial charge in [0.2, 0.25) is 0 Å². The lowest BCUT2D eigenvalue weighted by Crippen LogP contribution is -1.76. The van der Waals surface area contributed by atoms with Crippen LogP contribution in [0.15, 0.2) is 24.3 Å². The van der Waals surface area contributed by atoms with Crippen LogP contribution in [0.5, 0.6) is 0 Å². The molecule has 1 aromatic heterocycles. The van der Waals surface area contributed by atoms with E-state index in [0.717, 1.165) is 16.4 Å². The predicted molar refractivity (Wildman–Crippen MR) is 64.8 cm³/mol. The molecule has 0 unspecified atom stereocenters. The second-order valence-electron chi connectivity index (χ2n) is 2.55. The van der Waals surface area contributed by atoms with E-state index < -0.39 is 0 Å². The Labute approximate surface area is 91.0 Å². The first-order valence-electron chi connectivity index (χ1n) is 3.93. The van der Waals surface area contributed by atoms with Gasteiger partial charge < -0.3 is 0 Å². The van der Waals surface area contributed by atoms with Gasteiger partial charge >= 0.3 is 0 Å². The van der Waals surface area contributed by atoms with Gasteiger partial charge in [0.1, 0.15) is 5.01 Å². The van der Waals surface area contributed by atoms with Crippen molar-refractivity contribution in [1.29, 1.82) is 0 Å². The highest BCUT2D eigenvalue weighted by Gasteiger charge is 2.01. The Morgan fingerprint density at radius 1 is 1.38 bits per heavy atom. The van der Waals surface area contributed by atoms with Crippen molar-refractivity contribution < 1.29 is 0 Å². The molecule has 0 radical (unpaired) electrons. The molecule has 1 aromatic carbocycles. The van der Waals surface area contributed by atoms with E-state index in [2.05, 4.69) is 35.8 Å². The van der Waals surface area contributed by atoms with Crippen molar-refractivity contribution >= 4 is 45.9 Å². The van der Waals surface area contributed by atoms with Crippen LogP contribution in [0.4, 0.5) is 0 Å². The Morgan fingerprint density at radius 3 is 3.00 bits per heavy atom. The van der Waals surface area contributed by atoms with Crippen LogP contribution in [0, 0.1) is 0 Å². The number of rotatable bonds is 3. The van der Waals surface area contributed by atoms with E-state index >= 15 is 0 Å². The second-order valence-corrected chi connectivity index (χ2v) is 5.40. The van der Waals surface area contributed by atoms with E-state index in [0.29, 0.717) is 0 Å². The lowest BCUT2D eigenvalue weighted by Gasteiger charge is -1.89. The van der Waals surface area contributed by atoms with Gasteiger partial charge in [-0.05, 0) is 12.1 Å². The summed E-state index contributed by atoms with van der Waals surface area (Å²) in [5, 5.41) is 2.05. The highest BCUT2D eigenvalue weighted by atomic mass is 32.2. The fourth-order valence-electron chi connectivity index (χ4n) is 1.11. The summed E-state index contributed by atoms with van der Waals surface area (Å²) in [6.45, 7) is 0. The van der Waals surface area contributed by atoms with E-state index in [-0.39, 0.29) is 0 Å². The molecule has 0 amide bonds. The first-order chi connectivity index (χ1) is 6.40. The summed E-state index contributed by atoms with van der Waals surface area (Å²) in [7, 11) is 0. The van der Waals surface area contributed by atoms with E-state index in [9.17, 15) is 0 Å². The summed E-state index contributed by atoms with van der Waals surface area (Å²) in [4.78, 5) is 4.51. The highest BCUT2D eigenvalue weighted by molar-refractivity contribution is 8.08. The first kappa shape index (κ1) is 9.37. The van der Waals surface area contributed by atoms with Crippen LogP contribution >= 0.6 is 35.7 Å². The fraction of sp³-hybridized carbons (Fsp3) is 0.222. The van der Waals surface area contributed by atoms with Gasteiger partial charge in [0.15, 0.2) is 0 Å². The number of para-hydroxylation sites is 1.